The molecule has 0 spiro atoms. The van der Waals surface area contributed by atoms with Crippen LogP contribution in [-0.4, -0.2) is 18.2 Å². The maximum atomic E-state index is 12.0. The third kappa shape index (κ3) is 3.80. The quantitative estimate of drug-likeness (QED) is 0.802. The first kappa shape index (κ1) is 18.1. The monoisotopic (exact) mass is 390 g/mol. The summed E-state index contributed by atoms with van der Waals surface area (Å²) in [6.45, 7) is 6.77. The number of nitriles is 1. The van der Waals surface area contributed by atoms with Crippen LogP contribution in [-0.2, 0) is 0 Å². The molecule has 24 heavy (non-hydrogen) atoms. The lowest BCUT2D eigenvalue weighted by molar-refractivity contribution is 0.277. The molecule has 1 heterocycles. The number of halogens is 1. The van der Waals surface area contributed by atoms with E-state index in [-0.39, 0.29) is 5.56 Å². The second-order valence-electron chi connectivity index (χ2n) is 5.24. The van der Waals surface area contributed by atoms with E-state index in [1.54, 1.807) is 19.1 Å². The fraction of sp³-hybridized carbons (Fsp3) is 0.333. The lowest BCUT2D eigenvalue weighted by Gasteiger charge is -2.15. The minimum Gasteiger partial charge on any atom is -0.490 e. The van der Waals surface area contributed by atoms with E-state index < -0.39 is 5.56 Å². The Kier molecular flexibility index (Phi) is 6.04. The fourth-order valence-corrected chi connectivity index (χ4v) is 2.88. The number of ether oxygens (including phenoxy) is 2. The zero-order valence-electron chi connectivity index (χ0n) is 13.9. The molecule has 0 amide bonds. The van der Waals surface area contributed by atoms with E-state index in [0.717, 1.165) is 10.9 Å². The number of pyridine rings is 1. The highest BCUT2D eigenvalue weighted by molar-refractivity contribution is 9.10. The first-order chi connectivity index (χ1) is 11.5. The van der Waals surface area contributed by atoms with Crippen LogP contribution in [0.5, 0.6) is 11.5 Å². The molecule has 2 aromatic rings. The molecule has 0 unspecified atom stereocenters. The van der Waals surface area contributed by atoms with Crippen LogP contribution in [0.3, 0.4) is 0 Å². The minimum absolute atomic E-state index is 0.0750. The smallest absolute Gasteiger partial charge is 0.266 e. The van der Waals surface area contributed by atoms with E-state index in [1.807, 2.05) is 26.0 Å². The number of rotatable bonds is 6. The molecule has 0 saturated carbocycles. The summed E-state index contributed by atoms with van der Waals surface area (Å²) >= 11 is 3.52. The molecule has 126 valence electrons. The molecule has 0 aliphatic heterocycles. The molecular formula is C18H19BrN2O3. The highest BCUT2D eigenvalue weighted by Crippen LogP contribution is 2.39. The summed E-state index contributed by atoms with van der Waals surface area (Å²) in [6, 6.07) is 7.37. The van der Waals surface area contributed by atoms with Gasteiger partial charge in [0.15, 0.2) is 11.5 Å². The van der Waals surface area contributed by atoms with Crippen molar-refractivity contribution < 1.29 is 9.47 Å². The average molecular weight is 391 g/mol. The molecule has 0 radical (unpaired) electrons. The van der Waals surface area contributed by atoms with Gasteiger partial charge in [0, 0.05) is 21.3 Å². The van der Waals surface area contributed by atoms with E-state index in [1.165, 1.54) is 0 Å². The van der Waals surface area contributed by atoms with Gasteiger partial charge in [-0.25, -0.2) is 0 Å². The van der Waals surface area contributed by atoms with Crippen LogP contribution in [0.25, 0.3) is 11.1 Å². The van der Waals surface area contributed by atoms with Crippen LogP contribution in [0.4, 0.5) is 0 Å². The van der Waals surface area contributed by atoms with Gasteiger partial charge in [0.1, 0.15) is 11.6 Å². The Balaban J connectivity index is 2.66. The van der Waals surface area contributed by atoms with E-state index in [0.29, 0.717) is 41.5 Å². The fourth-order valence-electron chi connectivity index (χ4n) is 2.35. The Morgan fingerprint density at radius 1 is 1.17 bits per heavy atom. The highest BCUT2D eigenvalue weighted by atomic mass is 79.9. The van der Waals surface area contributed by atoms with Gasteiger partial charge in [-0.1, -0.05) is 22.9 Å². The lowest BCUT2D eigenvalue weighted by Crippen LogP contribution is -2.13. The summed E-state index contributed by atoms with van der Waals surface area (Å²) in [5, 5.41) is 9.34. The van der Waals surface area contributed by atoms with Gasteiger partial charge in [-0.15, -0.1) is 0 Å². The summed E-state index contributed by atoms with van der Waals surface area (Å²) in [4.78, 5) is 14.7. The van der Waals surface area contributed by atoms with E-state index in [9.17, 15) is 10.1 Å². The van der Waals surface area contributed by atoms with Crippen molar-refractivity contribution in [1.29, 1.82) is 5.26 Å². The van der Waals surface area contributed by atoms with Crippen molar-refractivity contribution in [2.24, 2.45) is 0 Å². The number of hydrogen-bond acceptors (Lipinski definition) is 4. The van der Waals surface area contributed by atoms with Gasteiger partial charge in [-0.3, -0.25) is 4.79 Å². The second-order valence-corrected chi connectivity index (χ2v) is 6.10. The van der Waals surface area contributed by atoms with Crippen LogP contribution < -0.4 is 15.0 Å². The molecule has 0 saturated heterocycles. The van der Waals surface area contributed by atoms with Gasteiger partial charge in [-0.05, 0) is 38.5 Å². The topological polar surface area (TPSA) is 75.1 Å². The number of aromatic nitrogens is 1. The molecule has 1 N–H and O–H groups in total. The third-order valence-corrected chi connectivity index (χ3v) is 4.02. The maximum absolute atomic E-state index is 12.0. The van der Waals surface area contributed by atoms with Gasteiger partial charge in [0.2, 0.25) is 0 Å². The Labute approximate surface area is 149 Å². The van der Waals surface area contributed by atoms with E-state index >= 15 is 0 Å². The molecule has 5 nitrogen and oxygen atoms in total. The molecule has 1 aromatic carbocycles. The van der Waals surface area contributed by atoms with Crippen molar-refractivity contribution in [3.05, 3.63) is 44.3 Å². The first-order valence-corrected chi connectivity index (χ1v) is 8.54. The van der Waals surface area contributed by atoms with Crippen LogP contribution in [0.1, 0.15) is 31.5 Å². The number of aromatic amines is 1. The number of aryl methyl sites for hydroxylation is 1. The highest BCUT2D eigenvalue weighted by Gasteiger charge is 2.17. The van der Waals surface area contributed by atoms with Gasteiger partial charge in [0.25, 0.3) is 5.56 Å². The summed E-state index contributed by atoms with van der Waals surface area (Å²) in [5.74, 6) is 1.22. The van der Waals surface area contributed by atoms with Crippen molar-refractivity contribution in [2.45, 2.75) is 27.2 Å². The Morgan fingerprint density at radius 2 is 1.88 bits per heavy atom. The van der Waals surface area contributed by atoms with E-state index in [2.05, 4.69) is 20.9 Å². The summed E-state index contributed by atoms with van der Waals surface area (Å²) in [6.07, 6.45) is 0.886. The van der Waals surface area contributed by atoms with Crippen molar-refractivity contribution in [2.75, 3.05) is 13.2 Å². The average Bonchev–Trinajstić information content (AvgIpc) is 2.54. The summed E-state index contributed by atoms with van der Waals surface area (Å²) in [7, 11) is 0. The van der Waals surface area contributed by atoms with Crippen LogP contribution in [0.15, 0.2) is 27.5 Å². The standard InChI is InChI=1S/C18H19BrN2O3/c1-4-6-24-17-9-15(19)13(8-16(17)23-5-2)12-7-11(3)21-18(22)14(12)10-20/h7-9H,4-6H2,1-3H3,(H,21,22). The molecule has 0 atom stereocenters. The predicted octanol–water partition coefficient (Wildman–Crippen LogP) is 4.17. The second kappa shape index (κ2) is 8.02. The zero-order chi connectivity index (χ0) is 17.7. The summed E-state index contributed by atoms with van der Waals surface area (Å²) in [5.41, 5.74) is 1.64. The van der Waals surface area contributed by atoms with Crippen LogP contribution >= 0.6 is 15.9 Å². The molecule has 0 aliphatic carbocycles. The molecular weight excluding hydrogens is 372 g/mol. The maximum Gasteiger partial charge on any atom is 0.266 e. The SMILES string of the molecule is CCCOc1cc(Br)c(-c2cc(C)[nH]c(=O)c2C#N)cc1OCC. The lowest BCUT2D eigenvalue weighted by atomic mass is 10.0. The number of H-pyrrole nitrogens is 1. The molecule has 1 aromatic heterocycles. The van der Waals surface area contributed by atoms with E-state index in [4.69, 9.17) is 9.47 Å². The van der Waals surface area contributed by atoms with Gasteiger partial charge >= 0.3 is 0 Å². The number of hydrogen-bond donors (Lipinski definition) is 1. The molecule has 6 heteroatoms. The van der Waals surface area contributed by atoms with Crippen LogP contribution in [0.2, 0.25) is 0 Å². The largest absolute Gasteiger partial charge is 0.490 e. The molecule has 0 fully saturated rings. The number of nitrogens with zero attached hydrogens (tertiary/aromatic N) is 1. The summed E-state index contributed by atoms with van der Waals surface area (Å²) < 4.78 is 12.1. The molecule has 0 aliphatic rings. The normalized spacial score (nSPS) is 10.3. The van der Waals surface area contributed by atoms with Crippen LogP contribution in [0, 0.1) is 18.3 Å². The first-order valence-electron chi connectivity index (χ1n) is 7.75. The van der Waals surface area contributed by atoms with Crippen molar-refractivity contribution >= 4 is 15.9 Å². The number of benzene rings is 1. The molecule has 2 rings (SSSR count). The molecule has 0 bridgehead atoms. The third-order valence-electron chi connectivity index (χ3n) is 3.36. The Morgan fingerprint density at radius 3 is 2.50 bits per heavy atom. The van der Waals surface area contributed by atoms with Gasteiger partial charge < -0.3 is 14.5 Å². The minimum atomic E-state index is -0.399. The number of nitrogens with one attached hydrogen (secondary N) is 1. The predicted molar refractivity (Wildman–Crippen MR) is 96.6 cm³/mol. The van der Waals surface area contributed by atoms with Gasteiger partial charge in [-0.2, -0.15) is 5.26 Å². The van der Waals surface area contributed by atoms with Gasteiger partial charge in [0.05, 0.1) is 13.2 Å². The van der Waals surface area contributed by atoms with Crippen molar-refractivity contribution in [1.82, 2.24) is 4.98 Å². The van der Waals surface area contributed by atoms with Crippen molar-refractivity contribution in [3.8, 4) is 28.7 Å². The zero-order valence-corrected chi connectivity index (χ0v) is 15.5. The Bertz CT molecular complexity index is 837. The Hall–Kier alpha value is -2.26. The van der Waals surface area contributed by atoms with Crippen molar-refractivity contribution in [3.63, 3.8) is 0 Å².